The molecule has 2 atom stereocenters. The standard InChI is InChI=1S/C25H27BrN4O2S/c26-19-7-5-18(6-8-19)21-9-10-22(32-21)24-23(20-4-1-2-11-27-20)28-25(33)30(24)13-3-12-29-14-16-31-17-15-29/h1-2,4-11,23-24H,3,12-17H2,(H,28,33)/t23-,24+/m1/s1. The lowest BCUT2D eigenvalue weighted by Crippen LogP contribution is -2.38. The van der Waals surface area contributed by atoms with Crippen LogP contribution in [0.25, 0.3) is 11.3 Å². The number of nitrogens with zero attached hydrogens (tertiary/aromatic N) is 3. The van der Waals surface area contributed by atoms with E-state index in [0.717, 1.165) is 78.2 Å². The van der Waals surface area contributed by atoms with Crippen LogP contribution in [0.4, 0.5) is 0 Å². The molecule has 3 aromatic rings. The van der Waals surface area contributed by atoms with Gasteiger partial charge in [0.2, 0.25) is 0 Å². The van der Waals surface area contributed by atoms with Crippen molar-refractivity contribution in [2.75, 3.05) is 39.4 Å². The highest BCUT2D eigenvalue weighted by Crippen LogP contribution is 2.40. The van der Waals surface area contributed by atoms with E-state index in [1.807, 2.05) is 42.6 Å². The summed E-state index contributed by atoms with van der Waals surface area (Å²) in [6.07, 6.45) is 2.85. The Labute approximate surface area is 208 Å². The number of rotatable bonds is 7. The van der Waals surface area contributed by atoms with Crippen LogP contribution in [0.1, 0.15) is 30.0 Å². The molecule has 172 valence electrons. The number of thiocarbonyl (C=S) groups is 1. The summed E-state index contributed by atoms with van der Waals surface area (Å²) in [7, 11) is 0. The molecule has 2 aromatic heterocycles. The van der Waals surface area contributed by atoms with Crippen LogP contribution in [0.5, 0.6) is 0 Å². The molecule has 6 nitrogen and oxygen atoms in total. The normalized spacial score (nSPS) is 21.4. The van der Waals surface area contributed by atoms with E-state index in [2.05, 4.69) is 54.2 Å². The molecular weight excluding hydrogens is 500 g/mol. The Hall–Kier alpha value is -2.26. The Morgan fingerprint density at radius 3 is 2.61 bits per heavy atom. The molecule has 33 heavy (non-hydrogen) atoms. The average molecular weight is 527 g/mol. The van der Waals surface area contributed by atoms with E-state index >= 15 is 0 Å². The number of morpholine rings is 1. The van der Waals surface area contributed by atoms with Gasteiger partial charge in [0.05, 0.1) is 24.9 Å². The van der Waals surface area contributed by atoms with E-state index < -0.39 is 0 Å². The van der Waals surface area contributed by atoms with Gasteiger partial charge in [0.15, 0.2) is 5.11 Å². The van der Waals surface area contributed by atoms with E-state index in [9.17, 15) is 0 Å². The molecule has 0 radical (unpaired) electrons. The number of nitrogens with one attached hydrogen (secondary N) is 1. The number of hydrogen-bond donors (Lipinski definition) is 1. The topological polar surface area (TPSA) is 53.8 Å². The Morgan fingerprint density at radius 1 is 1.03 bits per heavy atom. The fourth-order valence-corrected chi connectivity index (χ4v) is 5.12. The number of aromatic nitrogens is 1. The summed E-state index contributed by atoms with van der Waals surface area (Å²) in [6.45, 7) is 5.52. The molecule has 0 amide bonds. The third-order valence-electron chi connectivity index (χ3n) is 6.22. The van der Waals surface area contributed by atoms with Gasteiger partial charge in [-0.05, 0) is 55.0 Å². The summed E-state index contributed by atoms with van der Waals surface area (Å²) in [5.41, 5.74) is 2.01. The lowest BCUT2D eigenvalue weighted by molar-refractivity contribution is 0.0365. The lowest BCUT2D eigenvalue weighted by atomic mass is 10.0. The van der Waals surface area contributed by atoms with E-state index in [-0.39, 0.29) is 12.1 Å². The molecule has 8 heteroatoms. The maximum atomic E-state index is 6.41. The van der Waals surface area contributed by atoms with Crippen LogP contribution in [0.2, 0.25) is 0 Å². The van der Waals surface area contributed by atoms with Crippen molar-refractivity contribution in [3.05, 3.63) is 76.7 Å². The largest absolute Gasteiger partial charge is 0.459 e. The zero-order valence-corrected chi connectivity index (χ0v) is 20.7. The van der Waals surface area contributed by atoms with Crippen LogP contribution in [0.3, 0.4) is 0 Å². The highest BCUT2D eigenvalue weighted by Gasteiger charge is 2.41. The summed E-state index contributed by atoms with van der Waals surface area (Å²) in [4.78, 5) is 9.34. The van der Waals surface area contributed by atoms with Crippen molar-refractivity contribution in [3.8, 4) is 11.3 Å². The van der Waals surface area contributed by atoms with Crippen LogP contribution in [-0.4, -0.2) is 59.3 Å². The summed E-state index contributed by atoms with van der Waals surface area (Å²) in [5.74, 6) is 1.74. The molecule has 1 aromatic carbocycles. The summed E-state index contributed by atoms with van der Waals surface area (Å²) in [6, 6.07) is 18.2. The van der Waals surface area contributed by atoms with Gasteiger partial charge >= 0.3 is 0 Å². The quantitative estimate of drug-likeness (QED) is 0.443. The molecule has 0 unspecified atom stereocenters. The maximum absolute atomic E-state index is 6.41. The minimum Gasteiger partial charge on any atom is -0.459 e. The number of halogens is 1. The lowest BCUT2D eigenvalue weighted by Gasteiger charge is -2.29. The van der Waals surface area contributed by atoms with E-state index in [1.54, 1.807) is 0 Å². The maximum Gasteiger partial charge on any atom is 0.170 e. The van der Waals surface area contributed by atoms with Gasteiger partial charge in [-0.2, -0.15) is 0 Å². The van der Waals surface area contributed by atoms with E-state index in [4.69, 9.17) is 21.4 Å². The summed E-state index contributed by atoms with van der Waals surface area (Å²) >= 11 is 9.29. The van der Waals surface area contributed by atoms with Gasteiger partial charge in [0, 0.05) is 42.4 Å². The summed E-state index contributed by atoms with van der Waals surface area (Å²) in [5, 5.41) is 4.26. The first kappa shape index (κ1) is 22.5. The second-order valence-corrected chi connectivity index (χ2v) is 9.64. The molecule has 2 saturated heterocycles. The summed E-state index contributed by atoms with van der Waals surface area (Å²) < 4.78 is 12.9. The van der Waals surface area contributed by atoms with Gasteiger partial charge in [0.1, 0.15) is 17.6 Å². The van der Waals surface area contributed by atoms with Crippen molar-refractivity contribution in [1.82, 2.24) is 20.1 Å². The van der Waals surface area contributed by atoms with Crippen LogP contribution in [-0.2, 0) is 4.74 Å². The number of ether oxygens (including phenoxy) is 1. The van der Waals surface area contributed by atoms with Crippen molar-refractivity contribution in [1.29, 1.82) is 0 Å². The fraction of sp³-hybridized carbons (Fsp3) is 0.360. The second-order valence-electron chi connectivity index (χ2n) is 8.34. The number of furan rings is 1. The van der Waals surface area contributed by atoms with Crippen molar-refractivity contribution >= 4 is 33.3 Å². The van der Waals surface area contributed by atoms with E-state index in [1.165, 1.54) is 0 Å². The number of benzene rings is 1. The average Bonchev–Trinajstić information content (AvgIpc) is 3.46. The highest BCUT2D eigenvalue weighted by molar-refractivity contribution is 9.10. The van der Waals surface area contributed by atoms with Crippen LogP contribution < -0.4 is 5.32 Å². The first-order valence-corrected chi connectivity index (χ1v) is 12.5. The fourth-order valence-electron chi connectivity index (χ4n) is 4.53. The van der Waals surface area contributed by atoms with Gasteiger partial charge in [-0.15, -0.1) is 0 Å². The molecule has 2 aliphatic heterocycles. The second kappa shape index (κ2) is 10.3. The first-order valence-electron chi connectivity index (χ1n) is 11.3. The Balaban J connectivity index is 1.39. The molecule has 4 heterocycles. The number of hydrogen-bond acceptors (Lipinski definition) is 5. The minimum atomic E-state index is -0.0639. The van der Waals surface area contributed by atoms with Gasteiger partial charge in [-0.25, -0.2) is 0 Å². The molecular formula is C25H27BrN4O2S. The molecule has 2 aliphatic rings. The zero-order valence-electron chi connectivity index (χ0n) is 18.3. The molecule has 2 fully saturated rings. The predicted molar refractivity (Wildman–Crippen MR) is 136 cm³/mol. The molecule has 5 rings (SSSR count). The first-order chi connectivity index (χ1) is 16.2. The Morgan fingerprint density at radius 2 is 1.85 bits per heavy atom. The van der Waals surface area contributed by atoms with Gasteiger partial charge in [-0.3, -0.25) is 9.88 Å². The van der Waals surface area contributed by atoms with Crippen molar-refractivity contribution < 1.29 is 9.15 Å². The third-order valence-corrected chi connectivity index (χ3v) is 7.10. The molecule has 1 N–H and O–H groups in total. The highest BCUT2D eigenvalue weighted by atomic mass is 79.9. The Kier molecular flexibility index (Phi) is 7.06. The monoisotopic (exact) mass is 526 g/mol. The molecule has 0 spiro atoms. The SMILES string of the molecule is S=C1N[C@H](c2ccccn2)[C@H](c2ccc(-c3ccc(Br)cc3)o2)N1CCCN1CCOCC1. The van der Waals surface area contributed by atoms with Gasteiger partial charge in [0.25, 0.3) is 0 Å². The van der Waals surface area contributed by atoms with Gasteiger partial charge in [-0.1, -0.05) is 34.1 Å². The minimum absolute atomic E-state index is 0.0544. The molecule has 0 bridgehead atoms. The Bertz CT molecular complexity index is 1070. The third kappa shape index (κ3) is 5.14. The zero-order chi connectivity index (χ0) is 22.6. The predicted octanol–water partition coefficient (Wildman–Crippen LogP) is 4.80. The smallest absolute Gasteiger partial charge is 0.170 e. The van der Waals surface area contributed by atoms with Gasteiger partial charge < -0.3 is 19.4 Å². The van der Waals surface area contributed by atoms with E-state index in [0.29, 0.717) is 0 Å². The van der Waals surface area contributed by atoms with Crippen LogP contribution in [0.15, 0.2) is 69.7 Å². The molecule has 0 saturated carbocycles. The van der Waals surface area contributed by atoms with Crippen molar-refractivity contribution in [2.45, 2.75) is 18.5 Å². The van der Waals surface area contributed by atoms with Crippen LogP contribution in [0, 0.1) is 0 Å². The molecule has 0 aliphatic carbocycles. The number of pyridine rings is 1. The van der Waals surface area contributed by atoms with Crippen LogP contribution >= 0.6 is 28.1 Å². The van der Waals surface area contributed by atoms with Crippen molar-refractivity contribution in [3.63, 3.8) is 0 Å². The van der Waals surface area contributed by atoms with Crippen molar-refractivity contribution in [2.24, 2.45) is 0 Å².